The van der Waals surface area contributed by atoms with Crippen LogP contribution in [-0.4, -0.2) is 15.3 Å². The fourth-order valence-electron chi connectivity index (χ4n) is 1.29. The molecular weight excluding hydrogens is 182 g/mol. The van der Waals surface area contributed by atoms with Crippen molar-refractivity contribution in [3.8, 4) is 11.5 Å². The van der Waals surface area contributed by atoms with E-state index < -0.39 is 0 Å². The fourth-order valence-corrected chi connectivity index (χ4v) is 1.29. The summed E-state index contributed by atoms with van der Waals surface area (Å²) in [4.78, 5) is 4.22. The number of hydrogen-bond donors (Lipinski definition) is 0. The number of aromatic nitrogens is 3. The van der Waals surface area contributed by atoms with E-state index >= 15 is 0 Å². The van der Waals surface area contributed by atoms with Crippen LogP contribution in [0, 0.1) is 13.8 Å². The summed E-state index contributed by atoms with van der Waals surface area (Å²) in [5, 5.41) is 7.64. The number of hydrogen-bond acceptors (Lipinski definition) is 5. The predicted octanol–water partition coefficient (Wildman–Crippen LogP) is 1.90. The van der Waals surface area contributed by atoms with E-state index in [1.54, 1.807) is 0 Å². The Hall–Kier alpha value is -1.65. The van der Waals surface area contributed by atoms with Gasteiger partial charge in [0, 0.05) is 6.42 Å². The average molecular weight is 193 g/mol. The minimum absolute atomic E-state index is 0.484. The summed E-state index contributed by atoms with van der Waals surface area (Å²) in [6.07, 6.45) is 0.757. The zero-order valence-electron chi connectivity index (χ0n) is 8.37. The molecule has 14 heavy (non-hydrogen) atoms. The molecule has 0 aliphatic carbocycles. The Morgan fingerprint density at radius 3 is 2.43 bits per heavy atom. The average Bonchev–Trinajstić information content (AvgIpc) is 2.73. The van der Waals surface area contributed by atoms with Crippen LogP contribution in [0.4, 0.5) is 0 Å². The van der Waals surface area contributed by atoms with Crippen molar-refractivity contribution in [1.29, 1.82) is 0 Å². The van der Waals surface area contributed by atoms with Gasteiger partial charge in [-0.3, -0.25) is 0 Å². The van der Waals surface area contributed by atoms with E-state index in [-0.39, 0.29) is 0 Å². The van der Waals surface area contributed by atoms with Crippen molar-refractivity contribution in [2.24, 2.45) is 0 Å². The molecule has 5 heteroatoms. The highest BCUT2D eigenvalue weighted by Gasteiger charge is 2.17. The topological polar surface area (TPSA) is 65.0 Å². The minimum Gasteiger partial charge on any atom is -0.361 e. The monoisotopic (exact) mass is 193 g/mol. The van der Waals surface area contributed by atoms with Gasteiger partial charge in [-0.25, -0.2) is 0 Å². The van der Waals surface area contributed by atoms with E-state index in [0.717, 1.165) is 17.7 Å². The van der Waals surface area contributed by atoms with Gasteiger partial charge < -0.3 is 9.05 Å². The second-order valence-electron chi connectivity index (χ2n) is 3.07. The summed E-state index contributed by atoms with van der Waals surface area (Å²) in [7, 11) is 0. The molecule has 0 atom stereocenters. The molecular formula is C9H11N3O2. The van der Waals surface area contributed by atoms with E-state index in [4.69, 9.17) is 9.05 Å². The second-order valence-corrected chi connectivity index (χ2v) is 3.07. The van der Waals surface area contributed by atoms with Gasteiger partial charge >= 0.3 is 0 Å². The Bertz CT molecular complexity index is 425. The molecule has 0 radical (unpaired) electrons. The minimum atomic E-state index is 0.484. The standard InChI is InChI=1S/C9H11N3O2/c1-4-7-10-9(14-12-7)8-5(2)11-13-6(8)3/h4H2,1-3H3. The summed E-state index contributed by atoms with van der Waals surface area (Å²) in [5.74, 6) is 1.88. The molecule has 0 aromatic carbocycles. The maximum Gasteiger partial charge on any atom is 0.263 e. The molecule has 2 aromatic heterocycles. The van der Waals surface area contributed by atoms with E-state index in [2.05, 4.69) is 15.3 Å². The van der Waals surface area contributed by atoms with Gasteiger partial charge in [0.1, 0.15) is 11.3 Å². The number of nitrogens with zero attached hydrogens (tertiary/aromatic N) is 3. The molecule has 0 aliphatic rings. The van der Waals surface area contributed by atoms with Gasteiger partial charge in [0.2, 0.25) is 0 Å². The van der Waals surface area contributed by atoms with Gasteiger partial charge in [-0.2, -0.15) is 4.98 Å². The lowest BCUT2D eigenvalue weighted by atomic mass is 10.2. The summed E-state index contributed by atoms with van der Waals surface area (Å²) < 4.78 is 10.1. The molecule has 2 rings (SSSR count). The molecule has 0 N–H and O–H groups in total. The summed E-state index contributed by atoms with van der Waals surface area (Å²) in [6.45, 7) is 5.65. The molecule has 2 heterocycles. The first-order valence-electron chi connectivity index (χ1n) is 4.48. The van der Waals surface area contributed by atoms with Crippen LogP contribution in [0.2, 0.25) is 0 Å². The molecule has 0 amide bonds. The van der Waals surface area contributed by atoms with Crippen LogP contribution in [0.3, 0.4) is 0 Å². The predicted molar refractivity (Wildman–Crippen MR) is 48.6 cm³/mol. The van der Waals surface area contributed by atoms with E-state index in [1.807, 2.05) is 20.8 Å². The van der Waals surface area contributed by atoms with E-state index in [0.29, 0.717) is 17.5 Å². The molecule has 0 unspecified atom stereocenters. The van der Waals surface area contributed by atoms with Crippen LogP contribution in [0.1, 0.15) is 24.2 Å². The first-order chi connectivity index (χ1) is 6.72. The summed E-state index contributed by atoms with van der Waals surface area (Å²) in [6, 6.07) is 0. The van der Waals surface area contributed by atoms with Crippen LogP contribution in [0.5, 0.6) is 0 Å². The Kier molecular flexibility index (Phi) is 2.07. The Balaban J connectivity index is 2.48. The maximum atomic E-state index is 5.10. The summed E-state index contributed by atoms with van der Waals surface area (Å²) >= 11 is 0. The van der Waals surface area contributed by atoms with Crippen molar-refractivity contribution in [2.45, 2.75) is 27.2 Å². The second kappa shape index (κ2) is 3.25. The highest BCUT2D eigenvalue weighted by molar-refractivity contribution is 5.57. The van der Waals surface area contributed by atoms with Gasteiger partial charge in [-0.1, -0.05) is 17.2 Å². The Morgan fingerprint density at radius 1 is 1.14 bits per heavy atom. The number of rotatable bonds is 2. The quantitative estimate of drug-likeness (QED) is 0.728. The van der Waals surface area contributed by atoms with Crippen LogP contribution < -0.4 is 0 Å². The van der Waals surface area contributed by atoms with Crippen molar-refractivity contribution in [3.63, 3.8) is 0 Å². The zero-order chi connectivity index (χ0) is 10.1. The first kappa shape index (κ1) is 8.93. The SMILES string of the molecule is CCc1noc(-c2c(C)noc2C)n1. The smallest absolute Gasteiger partial charge is 0.263 e. The van der Waals surface area contributed by atoms with Gasteiger partial charge in [-0.15, -0.1) is 0 Å². The summed E-state index contributed by atoms with van der Waals surface area (Å²) in [5.41, 5.74) is 1.58. The first-order valence-corrected chi connectivity index (χ1v) is 4.48. The van der Waals surface area contributed by atoms with Crippen LogP contribution in [-0.2, 0) is 6.42 Å². The maximum absolute atomic E-state index is 5.10. The lowest BCUT2D eigenvalue weighted by molar-refractivity contribution is 0.392. The van der Waals surface area contributed by atoms with Crippen LogP contribution in [0.15, 0.2) is 9.05 Å². The molecule has 2 aromatic rings. The third-order valence-electron chi connectivity index (χ3n) is 2.03. The third kappa shape index (κ3) is 1.30. The number of aryl methyl sites for hydroxylation is 3. The third-order valence-corrected chi connectivity index (χ3v) is 2.03. The molecule has 0 fully saturated rings. The fraction of sp³-hybridized carbons (Fsp3) is 0.444. The zero-order valence-corrected chi connectivity index (χ0v) is 8.37. The van der Waals surface area contributed by atoms with Crippen LogP contribution >= 0.6 is 0 Å². The molecule has 0 aliphatic heterocycles. The van der Waals surface area contributed by atoms with Crippen molar-refractivity contribution in [2.75, 3.05) is 0 Å². The normalized spacial score (nSPS) is 10.8. The lowest BCUT2D eigenvalue weighted by Gasteiger charge is -1.88. The highest BCUT2D eigenvalue weighted by atomic mass is 16.5. The van der Waals surface area contributed by atoms with Gasteiger partial charge in [-0.05, 0) is 13.8 Å². The Labute approximate surface area is 81.1 Å². The highest BCUT2D eigenvalue weighted by Crippen LogP contribution is 2.24. The van der Waals surface area contributed by atoms with Crippen molar-refractivity contribution >= 4 is 0 Å². The van der Waals surface area contributed by atoms with Crippen molar-refractivity contribution in [1.82, 2.24) is 15.3 Å². The van der Waals surface area contributed by atoms with Crippen LogP contribution in [0.25, 0.3) is 11.5 Å². The molecule has 0 spiro atoms. The molecule has 5 nitrogen and oxygen atoms in total. The van der Waals surface area contributed by atoms with Gasteiger partial charge in [0.05, 0.1) is 5.69 Å². The van der Waals surface area contributed by atoms with E-state index in [1.165, 1.54) is 0 Å². The molecule has 74 valence electrons. The molecule has 0 bridgehead atoms. The van der Waals surface area contributed by atoms with Crippen molar-refractivity contribution in [3.05, 3.63) is 17.3 Å². The van der Waals surface area contributed by atoms with Gasteiger partial charge in [0.25, 0.3) is 5.89 Å². The molecule has 0 saturated heterocycles. The molecule has 0 saturated carbocycles. The largest absolute Gasteiger partial charge is 0.361 e. The van der Waals surface area contributed by atoms with Gasteiger partial charge in [0.15, 0.2) is 5.82 Å². The van der Waals surface area contributed by atoms with Crippen molar-refractivity contribution < 1.29 is 9.05 Å². The lowest BCUT2D eigenvalue weighted by Crippen LogP contribution is -1.84. The Morgan fingerprint density at radius 2 is 1.93 bits per heavy atom. The van der Waals surface area contributed by atoms with E-state index in [9.17, 15) is 0 Å².